The summed E-state index contributed by atoms with van der Waals surface area (Å²) in [4.78, 5) is 15.5. The molecule has 3 nitrogen and oxygen atoms in total. The second kappa shape index (κ2) is 5.15. The molecular weight excluding hydrogens is 176 g/mol. The summed E-state index contributed by atoms with van der Waals surface area (Å²) in [5.74, 6) is 0.124. The van der Waals surface area contributed by atoms with E-state index in [2.05, 4.69) is 19.0 Å². The minimum Gasteiger partial charge on any atom is -0.341 e. The molecule has 1 amide bonds. The average molecular weight is 196 g/mol. The van der Waals surface area contributed by atoms with Gasteiger partial charge in [-0.3, -0.25) is 4.79 Å². The smallest absolute Gasteiger partial charge is 0.246 e. The molecule has 3 heteroatoms. The van der Waals surface area contributed by atoms with Crippen molar-refractivity contribution in [1.82, 2.24) is 9.80 Å². The summed E-state index contributed by atoms with van der Waals surface area (Å²) in [6.07, 6.45) is 7.02. The zero-order valence-electron chi connectivity index (χ0n) is 9.36. The fraction of sp³-hybridized carbons (Fsp3) is 0.727. The van der Waals surface area contributed by atoms with E-state index in [1.165, 1.54) is 6.42 Å². The van der Waals surface area contributed by atoms with Crippen LogP contribution in [0.1, 0.15) is 19.3 Å². The van der Waals surface area contributed by atoms with Crippen molar-refractivity contribution >= 4 is 5.91 Å². The van der Waals surface area contributed by atoms with Crippen molar-refractivity contribution in [2.24, 2.45) is 0 Å². The Labute approximate surface area is 86.4 Å². The monoisotopic (exact) mass is 196 g/mol. The van der Waals surface area contributed by atoms with Crippen LogP contribution >= 0.6 is 0 Å². The van der Waals surface area contributed by atoms with Crippen molar-refractivity contribution in [3.05, 3.63) is 12.2 Å². The predicted molar refractivity (Wildman–Crippen MR) is 58.1 cm³/mol. The SMILES string of the molecule is CN1CC(N(C)C)CCCC=CC1=O. The summed E-state index contributed by atoms with van der Waals surface area (Å²) in [5.41, 5.74) is 0. The van der Waals surface area contributed by atoms with Crippen LogP contribution in [0.3, 0.4) is 0 Å². The topological polar surface area (TPSA) is 23.6 Å². The highest BCUT2D eigenvalue weighted by Gasteiger charge is 2.16. The molecule has 0 saturated heterocycles. The van der Waals surface area contributed by atoms with E-state index in [1.54, 1.807) is 11.0 Å². The Morgan fingerprint density at radius 3 is 2.86 bits per heavy atom. The standard InChI is InChI=1S/C11H20N2O/c1-12(2)10-7-5-4-6-8-11(14)13(3)9-10/h6,8,10H,4-5,7,9H2,1-3H3. The van der Waals surface area contributed by atoms with Gasteiger partial charge in [-0.1, -0.05) is 6.08 Å². The van der Waals surface area contributed by atoms with Crippen LogP contribution in [0.15, 0.2) is 12.2 Å². The van der Waals surface area contributed by atoms with Crippen molar-refractivity contribution < 1.29 is 4.79 Å². The third-order valence-electron chi connectivity index (χ3n) is 2.76. The zero-order chi connectivity index (χ0) is 10.6. The summed E-state index contributed by atoms with van der Waals surface area (Å²) < 4.78 is 0. The van der Waals surface area contributed by atoms with Gasteiger partial charge in [0, 0.05) is 19.6 Å². The molecule has 80 valence electrons. The van der Waals surface area contributed by atoms with Gasteiger partial charge < -0.3 is 9.80 Å². The van der Waals surface area contributed by atoms with E-state index in [-0.39, 0.29) is 5.91 Å². The van der Waals surface area contributed by atoms with Crippen LogP contribution in [0, 0.1) is 0 Å². The van der Waals surface area contributed by atoms with E-state index >= 15 is 0 Å². The van der Waals surface area contributed by atoms with E-state index in [4.69, 9.17) is 0 Å². The van der Waals surface area contributed by atoms with Crippen LogP contribution in [0.4, 0.5) is 0 Å². The molecule has 0 aliphatic carbocycles. The van der Waals surface area contributed by atoms with Crippen molar-refractivity contribution in [2.75, 3.05) is 27.7 Å². The summed E-state index contributed by atoms with van der Waals surface area (Å²) in [7, 11) is 6.02. The Bertz CT molecular complexity index is 223. The highest BCUT2D eigenvalue weighted by atomic mass is 16.2. The van der Waals surface area contributed by atoms with E-state index in [0.717, 1.165) is 19.4 Å². The number of rotatable bonds is 1. The van der Waals surface area contributed by atoms with Gasteiger partial charge in [0.2, 0.25) is 5.91 Å². The Hall–Kier alpha value is -0.830. The van der Waals surface area contributed by atoms with E-state index < -0.39 is 0 Å². The quantitative estimate of drug-likeness (QED) is 0.627. The lowest BCUT2D eigenvalue weighted by Gasteiger charge is -2.28. The molecule has 0 aromatic carbocycles. The van der Waals surface area contributed by atoms with Gasteiger partial charge in [0.05, 0.1) is 0 Å². The summed E-state index contributed by atoms with van der Waals surface area (Å²) >= 11 is 0. The minimum atomic E-state index is 0.124. The molecule has 0 bridgehead atoms. The van der Waals surface area contributed by atoms with E-state index in [9.17, 15) is 4.79 Å². The number of hydrogen-bond donors (Lipinski definition) is 0. The highest BCUT2D eigenvalue weighted by Crippen LogP contribution is 2.10. The number of hydrogen-bond acceptors (Lipinski definition) is 2. The molecule has 1 aliphatic rings. The fourth-order valence-electron chi connectivity index (χ4n) is 1.70. The van der Waals surface area contributed by atoms with Crippen LogP contribution in [0.2, 0.25) is 0 Å². The van der Waals surface area contributed by atoms with Crippen molar-refractivity contribution in [1.29, 1.82) is 0 Å². The number of allylic oxidation sites excluding steroid dienone is 1. The first-order chi connectivity index (χ1) is 6.61. The Morgan fingerprint density at radius 1 is 1.50 bits per heavy atom. The third kappa shape index (κ3) is 3.14. The maximum Gasteiger partial charge on any atom is 0.246 e. The van der Waals surface area contributed by atoms with Gasteiger partial charge in [-0.15, -0.1) is 0 Å². The third-order valence-corrected chi connectivity index (χ3v) is 2.76. The number of likely N-dealkylation sites (N-methyl/N-ethyl adjacent to an activating group) is 2. The average Bonchev–Trinajstić information content (AvgIpc) is 2.20. The number of amides is 1. The molecule has 1 heterocycles. The molecule has 1 unspecified atom stereocenters. The molecule has 0 radical (unpaired) electrons. The van der Waals surface area contributed by atoms with Crippen LogP contribution in [-0.4, -0.2) is 49.4 Å². The molecule has 1 atom stereocenters. The molecule has 0 fully saturated rings. The predicted octanol–water partition coefficient (Wildman–Crippen LogP) is 1.12. The van der Waals surface area contributed by atoms with Gasteiger partial charge in [-0.2, -0.15) is 0 Å². The van der Waals surface area contributed by atoms with Crippen LogP contribution < -0.4 is 0 Å². The summed E-state index contributed by atoms with van der Waals surface area (Å²) in [6, 6.07) is 0.490. The molecule has 1 rings (SSSR count). The van der Waals surface area contributed by atoms with Crippen LogP contribution in [-0.2, 0) is 4.79 Å². The first-order valence-corrected chi connectivity index (χ1v) is 5.19. The number of carbonyl (C=O) groups excluding carboxylic acids is 1. The second-order valence-corrected chi connectivity index (χ2v) is 4.17. The van der Waals surface area contributed by atoms with Crippen molar-refractivity contribution in [3.63, 3.8) is 0 Å². The fourth-order valence-corrected chi connectivity index (χ4v) is 1.70. The van der Waals surface area contributed by atoms with Crippen LogP contribution in [0.25, 0.3) is 0 Å². The maximum atomic E-state index is 11.5. The Morgan fingerprint density at radius 2 is 2.21 bits per heavy atom. The molecule has 1 aliphatic heterocycles. The van der Waals surface area contributed by atoms with E-state index in [1.807, 2.05) is 13.1 Å². The highest BCUT2D eigenvalue weighted by molar-refractivity contribution is 5.87. The van der Waals surface area contributed by atoms with Gasteiger partial charge in [-0.05, 0) is 39.4 Å². The number of nitrogens with zero attached hydrogens (tertiary/aromatic N) is 2. The van der Waals surface area contributed by atoms with Gasteiger partial charge in [0.25, 0.3) is 0 Å². The van der Waals surface area contributed by atoms with Gasteiger partial charge in [0.15, 0.2) is 0 Å². The molecule has 0 aromatic rings. The maximum absolute atomic E-state index is 11.5. The second-order valence-electron chi connectivity index (χ2n) is 4.17. The van der Waals surface area contributed by atoms with Gasteiger partial charge >= 0.3 is 0 Å². The molecule has 0 spiro atoms. The van der Waals surface area contributed by atoms with Crippen molar-refractivity contribution in [3.8, 4) is 0 Å². The van der Waals surface area contributed by atoms with Crippen molar-refractivity contribution in [2.45, 2.75) is 25.3 Å². The molecule has 14 heavy (non-hydrogen) atoms. The summed E-state index contributed by atoms with van der Waals surface area (Å²) in [5, 5.41) is 0. The first kappa shape index (κ1) is 11.2. The largest absolute Gasteiger partial charge is 0.341 e. The lowest BCUT2D eigenvalue weighted by Crippen LogP contribution is -2.40. The Balaban J connectivity index is 2.63. The van der Waals surface area contributed by atoms with Gasteiger partial charge in [-0.25, -0.2) is 0 Å². The summed E-state index contributed by atoms with van der Waals surface area (Å²) in [6.45, 7) is 0.830. The molecular formula is C11H20N2O. The molecule has 0 N–H and O–H groups in total. The lowest BCUT2D eigenvalue weighted by atomic mass is 10.1. The molecule has 0 saturated carbocycles. The van der Waals surface area contributed by atoms with Crippen LogP contribution in [0.5, 0.6) is 0 Å². The lowest BCUT2D eigenvalue weighted by molar-refractivity contribution is -0.125. The van der Waals surface area contributed by atoms with E-state index in [0.29, 0.717) is 6.04 Å². The number of carbonyl (C=O) groups is 1. The Kier molecular flexibility index (Phi) is 4.14. The normalized spacial score (nSPS) is 24.7. The first-order valence-electron chi connectivity index (χ1n) is 5.19. The molecule has 0 aromatic heterocycles. The minimum absolute atomic E-state index is 0.124. The zero-order valence-corrected chi connectivity index (χ0v) is 9.36. The van der Waals surface area contributed by atoms with Gasteiger partial charge in [0.1, 0.15) is 0 Å².